The molecule has 112 valence electrons. The summed E-state index contributed by atoms with van der Waals surface area (Å²) in [5.41, 5.74) is 2.16. The summed E-state index contributed by atoms with van der Waals surface area (Å²) in [5.74, 6) is 0.663. The van der Waals surface area contributed by atoms with Crippen LogP contribution in [0, 0.1) is 13.8 Å². The summed E-state index contributed by atoms with van der Waals surface area (Å²) in [5, 5.41) is 0. The van der Waals surface area contributed by atoms with E-state index in [-0.39, 0.29) is 0 Å². The Hall–Kier alpha value is -1.23. The molecule has 1 aromatic carbocycles. The van der Waals surface area contributed by atoms with Gasteiger partial charge >= 0.3 is 6.09 Å². The van der Waals surface area contributed by atoms with Gasteiger partial charge in [0.25, 0.3) is 0 Å². The lowest BCUT2D eigenvalue weighted by Crippen LogP contribution is -2.34. The number of carbonyl (C=O) groups excluding carboxylic acids is 1. The maximum atomic E-state index is 12.2. The summed E-state index contributed by atoms with van der Waals surface area (Å²) in [6.45, 7) is 9.45. The van der Waals surface area contributed by atoms with Gasteiger partial charge < -0.3 is 9.47 Å². The lowest BCUT2D eigenvalue weighted by Gasteiger charge is -2.26. The number of hydrogen-bond acceptors (Lipinski definition) is 3. The van der Waals surface area contributed by atoms with Crippen molar-refractivity contribution in [3.63, 3.8) is 0 Å². The van der Waals surface area contributed by atoms with E-state index in [1.807, 2.05) is 40.7 Å². The predicted octanol–water partition coefficient (Wildman–Crippen LogP) is 4.45. The zero-order valence-corrected chi connectivity index (χ0v) is 14.7. The molecule has 0 atom stereocenters. The van der Waals surface area contributed by atoms with E-state index >= 15 is 0 Å². The molecule has 0 aliphatic rings. The van der Waals surface area contributed by atoms with Gasteiger partial charge in [0.2, 0.25) is 0 Å². The van der Waals surface area contributed by atoms with Crippen molar-refractivity contribution in [3.05, 3.63) is 21.7 Å². The van der Waals surface area contributed by atoms with Crippen LogP contribution in [0.4, 0.5) is 10.5 Å². The number of anilines is 1. The van der Waals surface area contributed by atoms with Crippen LogP contribution in [-0.4, -0.2) is 25.9 Å². The number of methoxy groups -OCH3 is 1. The fourth-order valence-electron chi connectivity index (χ4n) is 1.86. The van der Waals surface area contributed by atoms with Gasteiger partial charge in [-0.05, 0) is 46.2 Å². The molecule has 0 bridgehead atoms. The highest BCUT2D eigenvalue weighted by Crippen LogP contribution is 2.38. The van der Waals surface area contributed by atoms with Crippen molar-refractivity contribution in [2.45, 2.75) is 40.2 Å². The van der Waals surface area contributed by atoms with Crippen LogP contribution in [0.25, 0.3) is 0 Å². The summed E-state index contributed by atoms with van der Waals surface area (Å²) in [6, 6.07) is 1.90. The van der Waals surface area contributed by atoms with Crippen molar-refractivity contribution < 1.29 is 14.3 Å². The highest BCUT2D eigenvalue weighted by atomic mass is 79.9. The Labute approximate surface area is 129 Å². The Morgan fingerprint density at radius 1 is 1.30 bits per heavy atom. The number of hydrogen-bond donors (Lipinski definition) is 0. The van der Waals surface area contributed by atoms with Gasteiger partial charge in [-0.2, -0.15) is 0 Å². The molecule has 0 spiro atoms. The SMILES string of the molecule is COc1c(N(C)C(=O)OC(C)(C)C)cc(C)c(Br)c1C. The second-order valence-corrected chi connectivity index (χ2v) is 6.52. The molecule has 0 N–H and O–H groups in total. The van der Waals surface area contributed by atoms with E-state index in [0.717, 1.165) is 15.6 Å². The molecule has 0 heterocycles. The molecule has 0 aromatic heterocycles. The standard InChI is InChI=1S/C15H22BrNO3/c1-9-8-11(13(19-7)10(2)12(9)16)17(6)14(18)20-15(3,4)5/h8H,1-7H3. The summed E-state index contributed by atoms with van der Waals surface area (Å²) in [6.07, 6.45) is -0.406. The third-order valence-electron chi connectivity index (χ3n) is 2.83. The minimum absolute atomic E-state index is 0.406. The predicted molar refractivity (Wildman–Crippen MR) is 84.8 cm³/mol. The Balaban J connectivity index is 3.22. The van der Waals surface area contributed by atoms with E-state index in [2.05, 4.69) is 15.9 Å². The molecule has 1 amide bonds. The summed E-state index contributed by atoms with van der Waals surface area (Å²) >= 11 is 3.53. The summed E-state index contributed by atoms with van der Waals surface area (Å²) < 4.78 is 11.8. The van der Waals surface area contributed by atoms with Crippen molar-refractivity contribution in [2.24, 2.45) is 0 Å². The van der Waals surface area contributed by atoms with Crippen LogP contribution < -0.4 is 9.64 Å². The van der Waals surface area contributed by atoms with E-state index in [4.69, 9.17) is 9.47 Å². The third-order valence-corrected chi connectivity index (χ3v) is 4.05. The molecular weight excluding hydrogens is 322 g/mol. The van der Waals surface area contributed by atoms with Gasteiger partial charge in [-0.1, -0.05) is 15.9 Å². The Morgan fingerprint density at radius 3 is 2.30 bits per heavy atom. The van der Waals surface area contributed by atoms with Crippen molar-refractivity contribution in [1.82, 2.24) is 0 Å². The van der Waals surface area contributed by atoms with Crippen LogP contribution in [-0.2, 0) is 4.74 Å². The molecule has 0 saturated heterocycles. The van der Waals surface area contributed by atoms with Crippen molar-refractivity contribution in [2.75, 3.05) is 19.1 Å². The molecular formula is C15H22BrNO3. The van der Waals surface area contributed by atoms with Crippen LogP contribution in [0.15, 0.2) is 10.5 Å². The number of halogens is 1. The topological polar surface area (TPSA) is 38.8 Å². The molecule has 1 rings (SSSR count). The number of rotatable bonds is 2. The van der Waals surface area contributed by atoms with Crippen molar-refractivity contribution in [1.29, 1.82) is 0 Å². The molecule has 20 heavy (non-hydrogen) atoms. The van der Waals surface area contributed by atoms with Crippen LogP contribution in [0.2, 0.25) is 0 Å². The third kappa shape index (κ3) is 3.66. The minimum atomic E-state index is -0.530. The molecule has 0 saturated carbocycles. The van der Waals surface area contributed by atoms with E-state index in [1.54, 1.807) is 14.2 Å². The van der Waals surface area contributed by atoms with Crippen LogP contribution in [0.3, 0.4) is 0 Å². The first-order chi connectivity index (χ1) is 9.08. The highest BCUT2D eigenvalue weighted by Gasteiger charge is 2.24. The maximum Gasteiger partial charge on any atom is 0.414 e. The first kappa shape index (κ1) is 16.8. The molecule has 0 radical (unpaired) electrons. The van der Waals surface area contributed by atoms with Gasteiger partial charge in [0.1, 0.15) is 11.4 Å². The van der Waals surface area contributed by atoms with E-state index in [9.17, 15) is 4.79 Å². The van der Waals surface area contributed by atoms with Crippen molar-refractivity contribution in [3.8, 4) is 5.75 Å². The first-order valence-electron chi connectivity index (χ1n) is 6.39. The fraction of sp³-hybridized carbons (Fsp3) is 0.533. The second kappa shape index (κ2) is 6.04. The minimum Gasteiger partial charge on any atom is -0.494 e. The summed E-state index contributed by atoms with van der Waals surface area (Å²) in [7, 11) is 3.27. The fourth-order valence-corrected chi connectivity index (χ4v) is 2.15. The van der Waals surface area contributed by atoms with Crippen LogP contribution in [0.1, 0.15) is 31.9 Å². The van der Waals surface area contributed by atoms with Gasteiger partial charge in [-0.3, -0.25) is 4.90 Å². The molecule has 1 aromatic rings. The zero-order valence-electron chi connectivity index (χ0n) is 13.1. The van der Waals surface area contributed by atoms with Gasteiger partial charge in [-0.15, -0.1) is 0 Å². The Bertz CT molecular complexity index is 521. The van der Waals surface area contributed by atoms with Crippen LogP contribution in [0.5, 0.6) is 5.75 Å². The Kier molecular flexibility index (Phi) is 5.08. The number of benzene rings is 1. The number of carbonyl (C=O) groups is 1. The molecule has 0 aliphatic carbocycles. The zero-order chi connectivity index (χ0) is 15.7. The van der Waals surface area contributed by atoms with Crippen molar-refractivity contribution >= 4 is 27.7 Å². The monoisotopic (exact) mass is 343 g/mol. The van der Waals surface area contributed by atoms with E-state index in [1.165, 1.54) is 4.90 Å². The number of nitrogens with zero attached hydrogens (tertiary/aromatic N) is 1. The molecule has 5 heteroatoms. The molecule has 4 nitrogen and oxygen atoms in total. The average molecular weight is 344 g/mol. The summed E-state index contributed by atoms with van der Waals surface area (Å²) in [4.78, 5) is 13.6. The lowest BCUT2D eigenvalue weighted by atomic mass is 10.1. The van der Waals surface area contributed by atoms with Gasteiger partial charge in [0.15, 0.2) is 0 Å². The smallest absolute Gasteiger partial charge is 0.414 e. The van der Waals surface area contributed by atoms with Gasteiger partial charge in [0.05, 0.1) is 12.8 Å². The first-order valence-corrected chi connectivity index (χ1v) is 7.18. The number of aryl methyl sites for hydroxylation is 1. The Morgan fingerprint density at radius 2 is 1.85 bits per heavy atom. The number of amides is 1. The molecule has 0 fully saturated rings. The van der Waals surface area contributed by atoms with Crippen LogP contribution >= 0.6 is 15.9 Å². The average Bonchev–Trinajstić information content (AvgIpc) is 2.32. The molecule has 0 unspecified atom stereocenters. The normalized spacial score (nSPS) is 11.2. The molecule has 0 aliphatic heterocycles. The second-order valence-electron chi connectivity index (χ2n) is 5.72. The lowest BCUT2D eigenvalue weighted by molar-refractivity contribution is 0.0588. The van der Waals surface area contributed by atoms with Gasteiger partial charge in [0, 0.05) is 17.1 Å². The quantitative estimate of drug-likeness (QED) is 0.796. The maximum absolute atomic E-state index is 12.2. The highest BCUT2D eigenvalue weighted by molar-refractivity contribution is 9.10. The van der Waals surface area contributed by atoms with E-state index < -0.39 is 11.7 Å². The van der Waals surface area contributed by atoms with E-state index in [0.29, 0.717) is 11.4 Å². The van der Waals surface area contributed by atoms with Gasteiger partial charge in [-0.25, -0.2) is 4.79 Å². The largest absolute Gasteiger partial charge is 0.494 e. The number of ether oxygens (including phenoxy) is 2.